The molecule has 1 aliphatic heterocycles. The van der Waals surface area contributed by atoms with E-state index >= 15 is 0 Å². The maximum Gasteiger partial charge on any atom is 0.327 e. The van der Waals surface area contributed by atoms with E-state index in [1.165, 1.54) is 28.8 Å². The monoisotopic (exact) mass is 397 g/mol. The van der Waals surface area contributed by atoms with Crippen LogP contribution in [0, 0.1) is 5.82 Å². The third kappa shape index (κ3) is 4.45. The Morgan fingerprint density at radius 1 is 1.28 bits per heavy atom. The lowest BCUT2D eigenvalue weighted by molar-refractivity contribution is 0.235. The number of amidine groups is 1. The first-order valence-electron chi connectivity index (χ1n) is 7.47. The molecule has 0 saturated carbocycles. The topological polar surface area (TPSA) is 44.7 Å². The van der Waals surface area contributed by atoms with Gasteiger partial charge in [-0.05, 0) is 36.4 Å². The molecule has 0 spiro atoms. The van der Waals surface area contributed by atoms with Crippen molar-refractivity contribution in [1.29, 1.82) is 0 Å². The first-order valence-corrected chi connectivity index (χ1v) is 9.10. The Kier molecular flexibility index (Phi) is 5.51. The molecular formula is C17H14Cl2FN3OS. The molecule has 130 valence electrons. The number of nitrogens with one attached hydrogen (secondary N) is 1. The number of thioether (sulfide) groups is 1. The molecular weight excluding hydrogens is 384 g/mol. The van der Waals surface area contributed by atoms with Gasteiger partial charge in [0, 0.05) is 17.5 Å². The zero-order valence-corrected chi connectivity index (χ0v) is 15.5. The first-order chi connectivity index (χ1) is 11.9. The molecule has 1 N–H and O–H groups in total. The lowest BCUT2D eigenvalue weighted by Crippen LogP contribution is -2.36. The van der Waals surface area contributed by atoms with Crippen molar-refractivity contribution in [2.24, 2.45) is 4.99 Å². The molecule has 1 unspecified atom stereocenters. The fourth-order valence-corrected chi connectivity index (χ4v) is 3.62. The minimum absolute atomic E-state index is 0.187. The lowest BCUT2D eigenvalue weighted by Gasteiger charge is -2.17. The summed E-state index contributed by atoms with van der Waals surface area (Å²) in [6.45, 7) is 2.50. The van der Waals surface area contributed by atoms with Crippen molar-refractivity contribution in [3.8, 4) is 0 Å². The Morgan fingerprint density at radius 2 is 2.08 bits per heavy atom. The van der Waals surface area contributed by atoms with Gasteiger partial charge in [-0.25, -0.2) is 14.2 Å². The molecule has 8 heteroatoms. The molecule has 1 atom stereocenters. The van der Waals surface area contributed by atoms with Crippen molar-refractivity contribution < 1.29 is 9.18 Å². The number of halogens is 3. The van der Waals surface area contributed by atoms with Crippen molar-refractivity contribution in [3.05, 3.63) is 58.3 Å². The average molecular weight is 398 g/mol. The number of benzene rings is 2. The number of hydrogen-bond acceptors (Lipinski definition) is 3. The van der Waals surface area contributed by atoms with Crippen molar-refractivity contribution >= 4 is 57.5 Å². The van der Waals surface area contributed by atoms with Gasteiger partial charge in [0.25, 0.3) is 0 Å². The Balaban J connectivity index is 1.81. The van der Waals surface area contributed by atoms with E-state index in [1.54, 1.807) is 30.3 Å². The van der Waals surface area contributed by atoms with Gasteiger partial charge in [-0.2, -0.15) is 0 Å². The number of carbonyl (C=O) groups excluding carboxylic acids is 1. The Bertz CT molecular complexity index is 846. The number of amides is 2. The summed E-state index contributed by atoms with van der Waals surface area (Å²) in [6, 6.07) is 10.5. The molecule has 4 nitrogen and oxygen atoms in total. The first kappa shape index (κ1) is 18.0. The van der Waals surface area contributed by atoms with Crippen LogP contribution in [0.5, 0.6) is 0 Å². The highest BCUT2D eigenvalue weighted by atomic mass is 35.5. The summed E-state index contributed by atoms with van der Waals surface area (Å²) in [5, 5.41) is 4.26. The second kappa shape index (κ2) is 7.64. The van der Waals surface area contributed by atoms with Gasteiger partial charge in [0.1, 0.15) is 5.82 Å². The second-order valence-electron chi connectivity index (χ2n) is 5.47. The Hall–Kier alpha value is -1.76. The molecule has 2 amide bonds. The number of nitrogens with zero attached hydrogens (tertiary/aromatic N) is 2. The van der Waals surface area contributed by atoms with Gasteiger partial charge in [0.2, 0.25) is 0 Å². The van der Waals surface area contributed by atoms with Crippen LogP contribution < -0.4 is 5.32 Å². The van der Waals surface area contributed by atoms with E-state index in [4.69, 9.17) is 23.2 Å². The van der Waals surface area contributed by atoms with Gasteiger partial charge in [-0.3, -0.25) is 4.90 Å². The molecule has 3 rings (SSSR count). The van der Waals surface area contributed by atoms with Crippen molar-refractivity contribution in [2.75, 3.05) is 11.9 Å². The molecule has 2 aromatic carbocycles. The number of aliphatic imine (C=N–C) groups is 1. The van der Waals surface area contributed by atoms with E-state index in [-0.39, 0.29) is 17.1 Å². The van der Waals surface area contributed by atoms with E-state index in [1.807, 2.05) is 6.92 Å². The maximum absolute atomic E-state index is 13.3. The van der Waals surface area contributed by atoms with E-state index in [2.05, 4.69) is 10.3 Å². The third-order valence-electron chi connectivity index (χ3n) is 3.43. The summed E-state index contributed by atoms with van der Waals surface area (Å²) in [5.41, 5.74) is 0.998. The van der Waals surface area contributed by atoms with Crippen LogP contribution in [0.1, 0.15) is 6.92 Å². The molecule has 0 aromatic heterocycles. The average Bonchev–Trinajstić information content (AvgIpc) is 2.91. The fraction of sp³-hybridized carbons (Fsp3) is 0.176. The summed E-state index contributed by atoms with van der Waals surface area (Å²) in [7, 11) is 0. The molecule has 1 fully saturated rings. The molecule has 25 heavy (non-hydrogen) atoms. The number of carbonyl (C=O) groups is 1. The van der Waals surface area contributed by atoms with E-state index in [0.717, 1.165) is 0 Å². The van der Waals surface area contributed by atoms with Crippen LogP contribution in [-0.2, 0) is 0 Å². The SMILES string of the molecule is CC1CN(C(=O)Nc2ccc(Cl)c(Cl)c2)C(=Nc2cccc(F)c2)S1. The highest BCUT2D eigenvalue weighted by Gasteiger charge is 2.31. The highest BCUT2D eigenvalue weighted by molar-refractivity contribution is 8.14. The number of rotatable bonds is 2. The normalized spacial score (nSPS) is 18.6. The van der Waals surface area contributed by atoms with Gasteiger partial charge >= 0.3 is 6.03 Å². The molecule has 1 aliphatic rings. The quantitative estimate of drug-likeness (QED) is 0.696. The number of urea groups is 1. The summed E-state index contributed by atoms with van der Waals surface area (Å²) in [6.07, 6.45) is 0. The maximum atomic E-state index is 13.3. The lowest BCUT2D eigenvalue weighted by atomic mass is 10.3. The zero-order valence-electron chi connectivity index (χ0n) is 13.2. The molecule has 0 bridgehead atoms. The summed E-state index contributed by atoms with van der Waals surface area (Å²) >= 11 is 13.3. The number of anilines is 1. The molecule has 2 aromatic rings. The van der Waals surface area contributed by atoms with E-state index < -0.39 is 0 Å². The summed E-state index contributed by atoms with van der Waals surface area (Å²) in [5.74, 6) is -0.371. The van der Waals surface area contributed by atoms with Crippen LogP contribution in [0.3, 0.4) is 0 Å². The Morgan fingerprint density at radius 3 is 2.80 bits per heavy atom. The van der Waals surface area contributed by atoms with Crippen LogP contribution in [0.2, 0.25) is 10.0 Å². The van der Waals surface area contributed by atoms with E-state index in [9.17, 15) is 9.18 Å². The largest absolute Gasteiger partial charge is 0.327 e. The second-order valence-corrected chi connectivity index (χ2v) is 7.69. The van der Waals surface area contributed by atoms with Gasteiger partial charge in [0.15, 0.2) is 5.17 Å². The van der Waals surface area contributed by atoms with Crippen molar-refractivity contribution in [2.45, 2.75) is 12.2 Å². The van der Waals surface area contributed by atoms with Crippen LogP contribution in [0.15, 0.2) is 47.5 Å². The van der Waals surface area contributed by atoms with Crippen LogP contribution in [0.4, 0.5) is 20.6 Å². The van der Waals surface area contributed by atoms with Crippen molar-refractivity contribution in [1.82, 2.24) is 4.90 Å². The third-order valence-corrected chi connectivity index (χ3v) is 5.24. The fourth-order valence-electron chi connectivity index (χ4n) is 2.29. The number of hydrogen-bond donors (Lipinski definition) is 1. The van der Waals surface area contributed by atoms with Gasteiger partial charge < -0.3 is 5.32 Å². The van der Waals surface area contributed by atoms with Gasteiger partial charge in [-0.1, -0.05) is 48.0 Å². The van der Waals surface area contributed by atoms with Crippen LogP contribution in [-0.4, -0.2) is 27.9 Å². The smallest absolute Gasteiger partial charge is 0.307 e. The van der Waals surface area contributed by atoms with Gasteiger partial charge in [0.05, 0.1) is 15.7 Å². The summed E-state index contributed by atoms with van der Waals surface area (Å²) < 4.78 is 13.3. The minimum atomic E-state index is -0.371. The molecule has 1 heterocycles. The highest BCUT2D eigenvalue weighted by Crippen LogP contribution is 2.30. The predicted molar refractivity (Wildman–Crippen MR) is 103 cm³/mol. The zero-order chi connectivity index (χ0) is 18.0. The minimum Gasteiger partial charge on any atom is -0.307 e. The molecule has 1 saturated heterocycles. The molecule has 0 radical (unpaired) electrons. The Labute approximate surface area is 159 Å². The van der Waals surface area contributed by atoms with Crippen molar-refractivity contribution in [3.63, 3.8) is 0 Å². The standard InChI is InChI=1S/C17H14Cl2FN3OS/c1-10-9-23(16(24)21-13-5-6-14(18)15(19)8-13)17(25-10)22-12-4-2-3-11(20)7-12/h2-8,10H,9H2,1H3,(H,21,24). The van der Waals surface area contributed by atoms with Crippen LogP contribution >= 0.6 is 35.0 Å². The van der Waals surface area contributed by atoms with Crippen LogP contribution in [0.25, 0.3) is 0 Å². The predicted octanol–water partition coefficient (Wildman–Crippen LogP) is 5.79. The van der Waals surface area contributed by atoms with E-state index in [0.29, 0.717) is 33.1 Å². The summed E-state index contributed by atoms with van der Waals surface area (Å²) in [4.78, 5) is 18.5. The van der Waals surface area contributed by atoms with Gasteiger partial charge in [-0.15, -0.1) is 0 Å². The molecule has 0 aliphatic carbocycles.